The van der Waals surface area contributed by atoms with Gasteiger partial charge in [-0.1, -0.05) is 29.8 Å². The SMILES string of the molecule is COC(=O)C(CN)(CCS(C)(=O)=O)c1cccc(C)c1. The summed E-state index contributed by atoms with van der Waals surface area (Å²) < 4.78 is 27.7. The van der Waals surface area contributed by atoms with E-state index in [1.165, 1.54) is 7.11 Å². The Balaban J connectivity index is 3.28. The van der Waals surface area contributed by atoms with E-state index < -0.39 is 21.2 Å². The van der Waals surface area contributed by atoms with Crippen molar-refractivity contribution in [3.8, 4) is 0 Å². The summed E-state index contributed by atoms with van der Waals surface area (Å²) in [7, 11) is -1.91. The second-order valence-electron chi connectivity index (χ2n) is 5.03. The first-order chi connectivity index (χ1) is 9.25. The second kappa shape index (κ2) is 6.37. The minimum Gasteiger partial charge on any atom is -0.468 e. The Morgan fingerprint density at radius 3 is 2.50 bits per heavy atom. The van der Waals surface area contributed by atoms with Crippen LogP contribution in [-0.2, 0) is 24.8 Å². The van der Waals surface area contributed by atoms with Crippen molar-refractivity contribution in [2.75, 3.05) is 25.7 Å². The van der Waals surface area contributed by atoms with E-state index in [9.17, 15) is 13.2 Å². The van der Waals surface area contributed by atoms with Crippen molar-refractivity contribution >= 4 is 15.8 Å². The van der Waals surface area contributed by atoms with Gasteiger partial charge in [-0.3, -0.25) is 4.79 Å². The lowest BCUT2D eigenvalue weighted by molar-refractivity contribution is -0.147. The Morgan fingerprint density at radius 2 is 2.05 bits per heavy atom. The molecule has 1 unspecified atom stereocenters. The average molecular weight is 299 g/mol. The van der Waals surface area contributed by atoms with E-state index in [1.807, 2.05) is 25.1 Å². The lowest BCUT2D eigenvalue weighted by Crippen LogP contribution is -2.45. The van der Waals surface area contributed by atoms with Crippen molar-refractivity contribution in [1.29, 1.82) is 0 Å². The smallest absolute Gasteiger partial charge is 0.317 e. The van der Waals surface area contributed by atoms with Crippen LogP contribution >= 0.6 is 0 Å². The summed E-state index contributed by atoms with van der Waals surface area (Å²) in [5.41, 5.74) is 6.34. The predicted molar refractivity (Wildman–Crippen MR) is 78.3 cm³/mol. The zero-order valence-corrected chi connectivity index (χ0v) is 12.9. The maximum Gasteiger partial charge on any atom is 0.317 e. The van der Waals surface area contributed by atoms with Crippen LogP contribution in [0.2, 0.25) is 0 Å². The van der Waals surface area contributed by atoms with Gasteiger partial charge in [0.05, 0.1) is 12.9 Å². The molecule has 2 N–H and O–H groups in total. The molecule has 1 aromatic carbocycles. The molecule has 1 rings (SSSR count). The molecule has 0 spiro atoms. The van der Waals surface area contributed by atoms with Crippen molar-refractivity contribution in [2.24, 2.45) is 5.73 Å². The second-order valence-corrected chi connectivity index (χ2v) is 7.29. The van der Waals surface area contributed by atoms with Crippen LogP contribution < -0.4 is 5.73 Å². The maximum atomic E-state index is 12.2. The molecule has 0 saturated carbocycles. The molecule has 6 heteroatoms. The van der Waals surface area contributed by atoms with E-state index >= 15 is 0 Å². The highest BCUT2D eigenvalue weighted by molar-refractivity contribution is 7.90. The largest absolute Gasteiger partial charge is 0.468 e. The summed E-state index contributed by atoms with van der Waals surface area (Å²) in [5, 5.41) is 0. The summed E-state index contributed by atoms with van der Waals surface area (Å²) in [6, 6.07) is 7.34. The lowest BCUT2D eigenvalue weighted by Gasteiger charge is -2.30. The molecule has 0 aliphatic rings. The molecule has 0 radical (unpaired) electrons. The highest BCUT2D eigenvalue weighted by Crippen LogP contribution is 2.30. The Morgan fingerprint density at radius 1 is 1.40 bits per heavy atom. The van der Waals surface area contributed by atoms with Crippen LogP contribution in [0, 0.1) is 6.92 Å². The van der Waals surface area contributed by atoms with Gasteiger partial charge >= 0.3 is 5.97 Å². The number of ether oxygens (including phenoxy) is 1. The third-order valence-corrected chi connectivity index (χ3v) is 4.34. The molecule has 0 bridgehead atoms. The summed E-state index contributed by atoms with van der Waals surface area (Å²) in [4.78, 5) is 12.2. The lowest BCUT2D eigenvalue weighted by atomic mass is 9.77. The molecular weight excluding hydrogens is 278 g/mol. The number of carbonyl (C=O) groups excluding carboxylic acids is 1. The number of hydrogen-bond donors (Lipinski definition) is 1. The summed E-state index contributed by atoms with van der Waals surface area (Å²) in [5.74, 6) is -0.623. The Bertz CT molecular complexity index is 583. The molecular formula is C14H21NO4S. The zero-order valence-electron chi connectivity index (χ0n) is 12.0. The third-order valence-electron chi connectivity index (χ3n) is 3.39. The number of carbonyl (C=O) groups is 1. The standard InChI is InChI=1S/C14H21NO4S/c1-11-5-4-6-12(9-11)14(10-15,13(16)19-2)7-8-20(3,17)18/h4-6,9H,7-8,10,15H2,1-3H3. The van der Waals surface area contributed by atoms with E-state index in [4.69, 9.17) is 10.5 Å². The van der Waals surface area contributed by atoms with Gasteiger partial charge in [-0.25, -0.2) is 8.42 Å². The number of rotatable bonds is 6. The summed E-state index contributed by atoms with van der Waals surface area (Å²) in [6.45, 7) is 1.90. The number of hydrogen-bond acceptors (Lipinski definition) is 5. The van der Waals surface area contributed by atoms with Crippen molar-refractivity contribution in [1.82, 2.24) is 0 Å². The van der Waals surface area contributed by atoms with Gasteiger partial charge in [0, 0.05) is 12.8 Å². The number of benzene rings is 1. The van der Waals surface area contributed by atoms with Crippen LogP contribution in [0.5, 0.6) is 0 Å². The normalized spacial score (nSPS) is 14.6. The third kappa shape index (κ3) is 3.80. The van der Waals surface area contributed by atoms with E-state index in [1.54, 1.807) is 6.07 Å². The minimum atomic E-state index is -3.19. The number of nitrogens with two attached hydrogens (primary N) is 1. The monoisotopic (exact) mass is 299 g/mol. The summed E-state index contributed by atoms with van der Waals surface area (Å²) >= 11 is 0. The Kier molecular flexibility index (Phi) is 5.30. The quantitative estimate of drug-likeness (QED) is 0.785. The van der Waals surface area contributed by atoms with Gasteiger partial charge in [0.15, 0.2) is 0 Å². The van der Waals surface area contributed by atoms with Gasteiger partial charge < -0.3 is 10.5 Å². The van der Waals surface area contributed by atoms with E-state index in [-0.39, 0.29) is 18.7 Å². The van der Waals surface area contributed by atoms with Crippen LogP contribution in [0.1, 0.15) is 17.5 Å². The molecule has 0 saturated heterocycles. The van der Waals surface area contributed by atoms with Crippen molar-refractivity contribution in [3.05, 3.63) is 35.4 Å². The molecule has 0 fully saturated rings. The molecule has 112 valence electrons. The van der Waals surface area contributed by atoms with Gasteiger partial charge in [0.2, 0.25) is 0 Å². The molecule has 0 heterocycles. The van der Waals surface area contributed by atoms with Crippen LogP contribution in [0.4, 0.5) is 0 Å². The van der Waals surface area contributed by atoms with Crippen LogP contribution in [0.25, 0.3) is 0 Å². The maximum absolute atomic E-state index is 12.2. The highest BCUT2D eigenvalue weighted by atomic mass is 32.2. The molecule has 0 amide bonds. The van der Waals surface area contributed by atoms with Crippen LogP contribution in [0.3, 0.4) is 0 Å². The molecule has 0 aliphatic carbocycles. The van der Waals surface area contributed by atoms with Gasteiger partial charge in [0.1, 0.15) is 15.3 Å². The van der Waals surface area contributed by atoms with Gasteiger partial charge in [-0.2, -0.15) is 0 Å². The molecule has 5 nitrogen and oxygen atoms in total. The fourth-order valence-electron chi connectivity index (χ4n) is 2.17. The Hall–Kier alpha value is -1.40. The number of sulfone groups is 1. The summed E-state index contributed by atoms with van der Waals surface area (Å²) in [6.07, 6.45) is 1.25. The van der Waals surface area contributed by atoms with Gasteiger partial charge in [-0.05, 0) is 18.9 Å². The first kappa shape index (κ1) is 16.7. The highest BCUT2D eigenvalue weighted by Gasteiger charge is 2.40. The zero-order chi connectivity index (χ0) is 15.4. The van der Waals surface area contributed by atoms with Gasteiger partial charge in [0.25, 0.3) is 0 Å². The molecule has 0 aromatic heterocycles. The van der Waals surface area contributed by atoms with Crippen molar-refractivity contribution in [2.45, 2.75) is 18.8 Å². The van der Waals surface area contributed by atoms with Crippen LogP contribution in [-0.4, -0.2) is 40.1 Å². The molecule has 20 heavy (non-hydrogen) atoms. The molecule has 1 atom stereocenters. The van der Waals surface area contributed by atoms with Crippen molar-refractivity contribution < 1.29 is 17.9 Å². The molecule has 1 aromatic rings. The number of methoxy groups -OCH3 is 1. The fraction of sp³-hybridized carbons (Fsp3) is 0.500. The minimum absolute atomic E-state index is 0.00134. The predicted octanol–water partition coefficient (Wildman–Crippen LogP) is 0.799. The Labute approximate surface area is 120 Å². The molecule has 0 aliphatic heterocycles. The number of esters is 1. The topological polar surface area (TPSA) is 86.5 Å². The van der Waals surface area contributed by atoms with Crippen LogP contribution in [0.15, 0.2) is 24.3 Å². The van der Waals surface area contributed by atoms with E-state index in [2.05, 4.69) is 0 Å². The van der Waals surface area contributed by atoms with E-state index in [0.717, 1.165) is 11.8 Å². The number of aryl methyl sites for hydroxylation is 1. The first-order valence-corrected chi connectivity index (χ1v) is 8.34. The van der Waals surface area contributed by atoms with Crippen molar-refractivity contribution in [3.63, 3.8) is 0 Å². The fourth-order valence-corrected chi connectivity index (χ4v) is 2.88. The van der Waals surface area contributed by atoms with E-state index in [0.29, 0.717) is 5.56 Å². The first-order valence-electron chi connectivity index (χ1n) is 6.28. The van der Waals surface area contributed by atoms with Gasteiger partial charge in [-0.15, -0.1) is 0 Å². The average Bonchev–Trinajstić information content (AvgIpc) is 2.38.